The first-order chi connectivity index (χ1) is 13.9. The number of fused-ring (bicyclic) bond motifs is 1. The van der Waals surface area contributed by atoms with Crippen LogP contribution in [0, 0.1) is 0 Å². The molecular weight excluding hydrogens is 394 g/mol. The van der Waals surface area contributed by atoms with Crippen LogP contribution in [-0.2, 0) is 9.59 Å². The predicted octanol–water partition coefficient (Wildman–Crippen LogP) is 3.32. The van der Waals surface area contributed by atoms with E-state index in [1.165, 1.54) is 11.6 Å². The number of rotatable bonds is 4. The van der Waals surface area contributed by atoms with E-state index in [4.69, 9.17) is 11.6 Å². The molecule has 0 aliphatic carbocycles. The Morgan fingerprint density at radius 1 is 1.14 bits per heavy atom. The molecule has 0 bridgehead atoms. The zero-order valence-electron chi connectivity index (χ0n) is 15.3. The van der Waals surface area contributed by atoms with E-state index in [-0.39, 0.29) is 24.1 Å². The Kier molecular flexibility index (Phi) is 4.85. The summed E-state index contributed by atoms with van der Waals surface area (Å²) in [5.74, 6) is -0.196. The van der Waals surface area contributed by atoms with Crippen LogP contribution < -0.4 is 10.6 Å². The quantitative estimate of drug-likeness (QED) is 0.643. The summed E-state index contributed by atoms with van der Waals surface area (Å²) in [6.07, 6.45) is -0.0617. The topological polar surface area (TPSA) is 106 Å². The smallest absolute Gasteiger partial charge is 0.249 e. The molecule has 1 unspecified atom stereocenters. The van der Waals surface area contributed by atoms with Crippen molar-refractivity contribution in [3.63, 3.8) is 0 Å². The summed E-state index contributed by atoms with van der Waals surface area (Å²) in [5.41, 5.74) is 1.78. The Bertz CT molecular complexity index is 1110. The second kappa shape index (κ2) is 7.48. The number of carbonyl (C=O) groups excluding carboxylic acids is 3. The molecule has 3 aromatic rings. The number of nitrogens with one attached hydrogen (secondary N) is 2. The molecule has 2 N–H and O–H groups in total. The molecule has 1 aliphatic rings. The van der Waals surface area contributed by atoms with Crippen LogP contribution in [0.25, 0.3) is 11.4 Å². The van der Waals surface area contributed by atoms with Crippen LogP contribution in [0.15, 0.2) is 48.5 Å². The minimum atomic E-state index is -0.847. The number of halogens is 1. The van der Waals surface area contributed by atoms with Gasteiger partial charge in [0.2, 0.25) is 17.8 Å². The summed E-state index contributed by atoms with van der Waals surface area (Å²) in [6, 6.07) is 12.6. The lowest BCUT2D eigenvalue weighted by Gasteiger charge is -2.22. The van der Waals surface area contributed by atoms with Gasteiger partial charge in [0.05, 0.1) is 6.42 Å². The molecule has 2 aromatic carbocycles. The Balaban J connectivity index is 1.60. The van der Waals surface area contributed by atoms with E-state index in [1.807, 2.05) is 0 Å². The molecule has 0 saturated carbocycles. The van der Waals surface area contributed by atoms with Crippen molar-refractivity contribution >= 4 is 40.8 Å². The average Bonchev–Trinajstić information content (AvgIpc) is 3.12. The SMILES string of the molecule is CC(=O)c1ccc(NC(=O)C2CC(=O)Nc3nc(-c4ccc(Cl)cc4)nn32)cc1. The van der Waals surface area contributed by atoms with Gasteiger partial charge in [-0.25, -0.2) is 4.68 Å². The van der Waals surface area contributed by atoms with Gasteiger partial charge in [-0.15, -0.1) is 5.10 Å². The maximum absolute atomic E-state index is 12.8. The van der Waals surface area contributed by atoms with Gasteiger partial charge in [-0.2, -0.15) is 4.98 Å². The number of anilines is 2. The molecule has 1 atom stereocenters. The van der Waals surface area contributed by atoms with Crippen LogP contribution in [0.3, 0.4) is 0 Å². The summed E-state index contributed by atoms with van der Waals surface area (Å²) in [5, 5.41) is 10.4. The lowest BCUT2D eigenvalue weighted by Crippen LogP contribution is -2.36. The Morgan fingerprint density at radius 3 is 2.48 bits per heavy atom. The van der Waals surface area contributed by atoms with Gasteiger partial charge >= 0.3 is 0 Å². The zero-order chi connectivity index (χ0) is 20.5. The maximum Gasteiger partial charge on any atom is 0.249 e. The number of hydrogen-bond donors (Lipinski definition) is 2. The molecule has 29 heavy (non-hydrogen) atoms. The van der Waals surface area contributed by atoms with Crippen molar-refractivity contribution in [1.29, 1.82) is 0 Å². The van der Waals surface area contributed by atoms with Gasteiger partial charge in [0.1, 0.15) is 6.04 Å². The maximum atomic E-state index is 12.8. The van der Waals surface area contributed by atoms with Crippen LogP contribution >= 0.6 is 11.6 Å². The fraction of sp³-hybridized carbons (Fsp3) is 0.150. The molecule has 9 heteroatoms. The van der Waals surface area contributed by atoms with Crippen LogP contribution in [0.4, 0.5) is 11.6 Å². The van der Waals surface area contributed by atoms with Gasteiger partial charge in [-0.1, -0.05) is 11.6 Å². The van der Waals surface area contributed by atoms with Gasteiger partial charge < -0.3 is 5.32 Å². The van der Waals surface area contributed by atoms with E-state index in [1.54, 1.807) is 48.5 Å². The first-order valence-corrected chi connectivity index (χ1v) is 9.23. The van der Waals surface area contributed by atoms with E-state index < -0.39 is 11.9 Å². The van der Waals surface area contributed by atoms with Crippen molar-refractivity contribution in [2.24, 2.45) is 0 Å². The minimum Gasteiger partial charge on any atom is -0.324 e. The van der Waals surface area contributed by atoms with E-state index in [2.05, 4.69) is 20.7 Å². The third-order valence-corrected chi connectivity index (χ3v) is 4.77. The highest BCUT2D eigenvalue weighted by molar-refractivity contribution is 6.30. The second-order valence-corrected chi connectivity index (χ2v) is 7.04. The molecule has 0 fully saturated rings. The lowest BCUT2D eigenvalue weighted by molar-refractivity contribution is -0.125. The fourth-order valence-electron chi connectivity index (χ4n) is 3.00. The van der Waals surface area contributed by atoms with Crippen molar-refractivity contribution in [3.05, 3.63) is 59.1 Å². The number of amides is 2. The van der Waals surface area contributed by atoms with Crippen LogP contribution in [0.5, 0.6) is 0 Å². The van der Waals surface area contributed by atoms with Gasteiger partial charge in [-0.3, -0.25) is 19.7 Å². The van der Waals surface area contributed by atoms with Gasteiger partial charge in [-0.05, 0) is 55.5 Å². The van der Waals surface area contributed by atoms with Gasteiger partial charge in [0.25, 0.3) is 0 Å². The van der Waals surface area contributed by atoms with Crippen LogP contribution in [0.2, 0.25) is 5.02 Å². The molecule has 1 aromatic heterocycles. The zero-order valence-corrected chi connectivity index (χ0v) is 16.1. The highest BCUT2D eigenvalue weighted by Crippen LogP contribution is 2.28. The van der Waals surface area contributed by atoms with Gasteiger partial charge in [0.15, 0.2) is 11.6 Å². The van der Waals surface area contributed by atoms with E-state index in [9.17, 15) is 14.4 Å². The number of hydrogen-bond acceptors (Lipinski definition) is 5. The summed E-state index contributed by atoms with van der Waals surface area (Å²) >= 11 is 5.91. The predicted molar refractivity (Wildman–Crippen MR) is 108 cm³/mol. The summed E-state index contributed by atoms with van der Waals surface area (Å²) in [7, 11) is 0. The van der Waals surface area contributed by atoms with E-state index >= 15 is 0 Å². The number of carbonyl (C=O) groups is 3. The van der Waals surface area contributed by atoms with E-state index in [0.29, 0.717) is 27.7 Å². The van der Waals surface area contributed by atoms with Crippen molar-refractivity contribution in [1.82, 2.24) is 14.8 Å². The molecule has 8 nitrogen and oxygen atoms in total. The molecule has 0 spiro atoms. The third-order valence-electron chi connectivity index (χ3n) is 4.52. The van der Waals surface area contributed by atoms with Crippen molar-refractivity contribution in [2.45, 2.75) is 19.4 Å². The van der Waals surface area contributed by atoms with Crippen LogP contribution in [-0.4, -0.2) is 32.4 Å². The number of ketones is 1. The number of benzene rings is 2. The van der Waals surface area contributed by atoms with Crippen molar-refractivity contribution in [3.8, 4) is 11.4 Å². The van der Waals surface area contributed by atoms with Crippen molar-refractivity contribution in [2.75, 3.05) is 10.6 Å². The minimum absolute atomic E-state index is 0.0613. The molecule has 146 valence electrons. The lowest BCUT2D eigenvalue weighted by atomic mass is 10.1. The highest BCUT2D eigenvalue weighted by Gasteiger charge is 2.33. The van der Waals surface area contributed by atoms with Crippen LogP contribution in [0.1, 0.15) is 29.7 Å². The molecule has 0 saturated heterocycles. The largest absolute Gasteiger partial charge is 0.324 e. The molecule has 4 rings (SSSR count). The monoisotopic (exact) mass is 409 g/mol. The number of Topliss-reactive ketones (excluding diaryl/α,β-unsaturated/α-hetero) is 1. The third kappa shape index (κ3) is 3.88. The molecular formula is C20H16ClN5O3. The first-order valence-electron chi connectivity index (χ1n) is 8.85. The van der Waals surface area contributed by atoms with Gasteiger partial charge in [0, 0.05) is 21.8 Å². The average molecular weight is 410 g/mol. The Labute approximate surface area is 170 Å². The van der Waals surface area contributed by atoms with E-state index in [0.717, 1.165) is 0 Å². The highest BCUT2D eigenvalue weighted by atomic mass is 35.5. The Hall–Kier alpha value is -3.52. The Morgan fingerprint density at radius 2 is 1.83 bits per heavy atom. The summed E-state index contributed by atoms with van der Waals surface area (Å²) in [4.78, 5) is 40.6. The standard InChI is InChI=1S/C20H16ClN5O3/c1-11(27)12-4-8-15(9-5-12)22-19(29)16-10-17(28)23-20-24-18(25-26(16)20)13-2-6-14(21)7-3-13/h2-9,16H,10H2,1H3,(H,22,29)(H,23,24,25,28). The first kappa shape index (κ1) is 18.8. The molecule has 0 radical (unpaired) electrons. The molecule has 2 heterocycles. The fourth-order valence-corrected chi connectivity index (χ4v) is 3.13. The summed E-state index contributed by atoms with van der Waals surface area (Å²) in [6.45, 7) is 1.47. The normalized spacial score (nSPS) is 15.4. The summed E-state index contributed by atoms with van der Waals surface area (Å²) < 4.78 is 1.41. The molecule has 2 amide bonds. The number of nitrogens with zero attached hydrogens (tertiary/aromatic N) is 3. The molecule has 1 aliphatic heterocycles. The van der Waals surface area contributed by atoms with Crippen molar-refractivity contribution < 1.29 is 14.4 Å². The second-order valence-electron chi connectivity index (χ2n) is 6.60. The number of aromatic nitrogens is 3.